The van der Waals surface area contributed by atoms with E-state index in [-0.39, 0.29) is 17.9 Å². The Bertz CT molecular complexity index is 1060. The summed E-state index contributed by atoms with van der Waals surface area (Å²) in [6, 6.07) is 11.9. The van der Waals surface area contributed by atoms with E-state index < -0.39 is 18.5 Å². The number of hydrogen-bond donors (Lipinski definition) is 1. The molecule has 2 unspecified atom stereocenters. The minimum Gasteiger partial charge on any atom is -0.432 e. The molecule has 0 bridgehead atoms. The molecule has 2 aliphatic rings. The summed E-state index contributed by atoms with van der Waals surface area (Å²) in [5, 5.41) is 9.87. The van der Waals surface area contributed by atoms with E-state index in [4.69, 9.17) is 9.47 Å². The van der Waals surface area contributed by atoms with Crippen molar-refractivity contribution in [1.82, 2.24) is 4.90 Å². The first-order valence-electron chi connectivity index (χ1n) is 14.0. The highest BCUT2D eigenvalue weighted by Gasteiger charge is 2.37. The van der Waals surface area contributed by atoms with Crippen molar-refractivity contribution in [2.45, 2.75) is 84.3 Å². The fraction of sp³-hybridized carbons (Fsp3) is 0.600. The van der Waals surface area contributed by atoms with Gasteiger partial charge >= 0.3 is 5.97 Å². The Balaban J connectivity index is 1.72. The van der Waals surface area contributed by atoms with E-state index in [1.807, 2.05) is 41.3 Å². The number of carbonyl (C=O) groups excluding carboxylic acids is 2. The van der Waals surface area contributed by atoms with E-state index in [9.17, 15) is 14.7 Å². The first-order chi connectivity index (χ1) is 18.3. The quantitative estimate of drug-likeness (QED) is 0.313. The Morgan fingerprint density at radius 3 is 2.39 bits per heavy atom. The Morgan fingerprint density at radius 2 is 1.76 bits per heavy atom. The molecule has 7 nitrogen and oxygen atoms in total. The molecule has 208 valence electrons. The lowest BCUT2D eigenvalue weighted by molar-refractivity contribution is -0.200. The number of amides is 1. The maximum atomic E-state index is 14.2. The number of benzene rings is 1. The van der Waals surface area contributed by atoms with Crippen LogP contribution in [-0.4, -0.2) is 60.6 Å². The Labute approximate surface area is 230 Å². The van der Waals surface area contributed by atoms with Gasteiger partial charge in [-0.2, -0.15) is 0 Å². The largest absolute Gasteiger partial charge is 0.432 e. The summed E-state index contributed by atoms with van der Waals surface area (Å²) >= 11 is 1.35. The number of likely N-dealkylation sites (tertiary alicyclic amines) is 1. The number of nitrogens with zero attached hydrogens (tertiary/aromatic N) is 2. The molecule has 1 aliphatic heterocycles. The fourth-order valence-electron chi connectivity index (χ4n) is 5.45. The highest BCUT2D eigenvalue weighted by atomic mass is 32.1. The van der Waals surface area contributed by atoms with Gasteiger partial charge in [-0.25, -0.2) is 4.79 Å². The van der Waals surface area contributed by atoms with Crippen LogP contribution in [0.1, 0.15) is 75.4 Å². The Kier molecular flexibility index (Phi) is 9.98. The number of thiophene rings is 1. The number of esters is 1. The molecule has 2 atom stereocenters. The summed E-state index contributed by atoms with van der Waals surface area (Å²) in [7, 11) is 2.11. The summed E-state index contributed by atoms with van der Waals surface area (Å²) in [5.74, 6) is 0.207. The summed E-state index contributed by atoms with van der Waals surface area (Å²) in [6.07, 6.45) is 4.07. The molecule has 2 aromatic rings. The zero-order valence-electron chi connectivity index (χ0n) is 23.1. The monoisotopic (exact) mass is 542 g/mol. The molecular formula is C30H42N2O5S. The number of aliphatic hydroxyl groups is 1. The molecule has 1 aromatic carbocycles. The molecule has 1 amide bonds. The maximum Gasteiger partial charge on any atom is 0.352 e. The van der Waals surface area contributed by atoms with Crippen molar-refractivity contribution in [3.63, 3.8) is 0 Å². The number of carbonyl (C=O) groups is 2. The van der Waals surface area contributed by atoms with Crippen molar-refractivity contribution in [3.05, 3.63) is 41.3 Å². The van der Waals surface area contributed by atoms with Crippen LogP contribution in [0.3, 0.4) is 0 Å². The lowest BCUT2D eigenvalue weighted by Crippen LogP contribution is -2.49. The predicted octanol–water partition coefficient (Wildman–Crippen LogP) is 5.92. The topological polar surface area (TPSA) is 79.3 Å². The van der Waals surface area contributed by atoms with Crippen LogP contribution in [0.2, 0.25) is 0 Å². The highest BCUT2D eigenvalue weighted by molar-refractivity contribution is 7.18. The summed E-state index contributed by atoms with van der Waals surface area (Å²) in [4.78, 5) is 33.3. The van der Waals surface area contributed by atoms with E-state index in [0.717, 1.165) is 62.1 Å². The zero-order chi connectivity index (χ0) is 27.2. The number of rotatable bonds is 9. The third-order valence-electron chi connectivity index (χ3n) is 7.84. The molecule has 1 saturated heterocycles. The van der Waals surface area contributed by atoms with Crippen LogP contribution in [0.15, 0.2) is 36.4 Å². The van der Waals surface area contributed by atoms with Gasteiger partial charge in [0.25, 0.3) is 0 Å². The molecule has 2 heterocycles. The van der Waals surface area contributed by atoms with E-state index in [1.54, 1.807) is 13.8 Å². The molecule has 2 fully saturated rings. The van der Waals surface area contributed by atoms with Crippen molar-refractivity contribution in [1.29, 1.82) is 0 Å². The molecule has 38 heavy (non-hydrogen) atoms. The minimum absolute atomic E-state index is 0.0263. The van der Waals surface area contributed by atoms with Gasteiger partial charge in [-0.15, -0.1) is 11.3 Å². The molecule has 8 heteroatoms. The first-order valence-corrected chi connectivity index (χ1v) is 14.8. The van der Waals surface area contributed by atoms with Crippen molar-refractivity contribution in [3.8, 4) is 10.4 Å². The second-order valence-corrected chi connectivity index (χ2v) is 11.9. The molecule has 0 spiro atoms. The van der Waals surface area contributed by atoms with Gasteiger partial charge in [-0.1, -0.05) is 44.2 Å². The number of anilines is 1. The maximum absolute atomic E-state index is 14.2. The van der Waals surface area contributed by atoms with Crippen molar-refractivity contribution in [2.24, 2.45) is 11.8 Å². The van der Waals surface area contributed by atoms with Crippen LogP contribution in [0, 0.1) is 11.8 Å². The third-order valence-corrected chi connectivity index (χ3v) is 9.00. The van der Waals surface area contributed by atoms with Gasteiger partial charge in [0.2, 0.25) is 12.2 Å². The average molecular weight is 543 g/mol. The lowest BCUT2D eigenvalue weighted by atomic mass is 9.82. The van der Waals surface area contributed by atoms with Crippen molar-refractivity contribution in [2.75, 3.05) is 25.0 Å². The molecule has 0 radical (unpaired) electrons. The standard InChI is InChI=1S/C30H42N2O5S/c1-5-27(33)36-21(3)37-30(35)28-25(19-26(38-28)22-9-7-6-8-10-22)32(24-15-17-31(4)18-16-24)29(34)23-13-11-20(2)12-14-23/h6-10,19-21,23-24,27,33H,5,11-18H2,1-4H3. The van der Waals surface area contributed by atoms with Crippen LogP contribution in [0.25, 0.3) is 10.4 Å². The third kappa shape index (κ3) is 7.03. The highest BCUT2D eigenvalue weighted by Crippen LogP contribution is 2.41. The number of piperidine rings is 1. The Morgan fingerprint density at radius 1 is 1.11 bits per heavy atom. The summed E-state index contributed by atoms with van der Waals surface area (Å²) < 4.78 is 11.0. The number of hydrogen-bond acceptors (Lipinski definition) is 7. The van der Waals surface area contributed by atoms with E-state index in [2.05, 4.69) is 18.9 Å². The molecule has 1 aliphatic carbocycles. The van der Waals surface area contributed by atoms with Crippen LogP contribution >= 0.6 is 11.3 Å². The number of ether oxygens (including phenoxy) is 2. The van der Waals surface area contributed by atoms with Crippen LogP contribution in [-0.2, 0) is 14.3 Å². The smallest absolute Gasteiger partial charge is 0.352 e. The van der Waals surface area contributed by atoms with Crippen molar-refractivity contribution < 1.29 is 24.2 Å². The van der Waals surface area contributed by atoms with Crippen LogP contribution in [0.4, 0.5) is 5.69 Å². The molecule has 4 rings (SSSR count). The van der Waals surface area contributed by atoms with Gasteiger partial charge in [0.05, 0.1) is 5.69 Å². The van der Waals surface area contributed by atoms with Gasteiger partial charge < -0.3 is 24.4 Å². The lowest BCUT2D eigenvalue weighted by Gasteiger charge is -2.40. The van der Waals surface area contributed by atoms with Gasteiger partial charge in [0.1, 0.15) is 4.88 Å². The molecular weight excluding hydrogens is 500 g/mol. The SMILES string of the molecule is CCC(O)OC(C)OC(=O)c1sc(-c2ccccc2)cc1N(C(=O)C1CCC(C)CC1)C1CCN(C)CC1. The van der Waals surface area contributed by atoms with Gasteiger partial charge in [0, 0.05) is 16.8 Å². The van der Waals surface area contributed by atoms with E-state index >= 15 is 0 Å². The first kappa shape index (κ1) is 28.7. The van der Waals surface area contributed by atoms with Crippen molar-refractivity contribution >= 4 is 28.9 Å². The van der Waals surface area contributed by atoms with Crippen LogP contribution in [0.5, 0.6) is 0 Å². The predicted molar refractivity (Wildman–Crippen MR) is 151 cm³/mol. The zero-order valence-corrected chi connectivity index (χ0v) is 23.9. The second-order valence-electron chi connectivity index (χ2n) is 10.9. The summed E-state index contributed by atoms with van der Waals surface area (Å²) in [5.41, 5.74) is 1.63. The fourth-order valence-corrected chi connectivity index (χ4v) is 6.49. The molecule has 1 N–H and O–H groups in total. The Hall–Kier alpha value is -2.26. The minimum atomic E-state index is -1.01. The average Bonchev–Trinajstić information content (AvgIpc) is 3.36. The van der Waals surface area contributed by atoms with E-state index in [1.165, 1.54) is 11.3 Å². The number of aliphatic hydroxyl groups excluding tert-OH is 1. The van der Waals surface area contributed by atoms with Gasteiger partial charge in [-0.3, -0.25) is 4.79 Å². The second kappa shape index (κ2) is 13.2. The normalized spacial score (nSPS) is 22.6. The van der Waals surface area contributed by atoms with Gasteiger partial charge in [0.15, 0.2) is 6.29 Å². The van der Waals surface area contributed by atoms with Gasteiger partial charge in [-0.05, 0) is 89.6 Å². The summed E-state index contributed by atoms with van der Waals surface area (Å²) in [6.45, 7) is 7.47. The molecule has 1 aromatic heterocycles. The molecule has 1 saturated carbocycles. The van der Waals surface area contributed by atoms with E-state index in [0.29, 0.717) is 22.9 Å². The van der Waals surface area contributed by atoms with Crippen LogP contribution < -0.4 is 4.90 Å².